The summed E-state index contributed by atoms with van der Waals surface area (Å²) in [5.41, 5.74) is 0.180. The van der Waals surface area contributed by atoms with Crippen molar-refractivity contribution >= 4 is 11.6 Å². The van der Waals surface area contributed by atoms with Crippen LogP contribution >= 0.6 is 11.6 Å². The maximum Gasteiger partial charge on any atom is 0.0591 e. The molecule has 0 saturated carbocycles. The zero-order chi connectivity index (χ0) is 11.0. The van der Waals surface area contributed by atoms with Crippen LogP contribution in [0.4, 0.5) is 0 Å². The lowest BCUT2D eigenvalue weighted by atomic mass is 9.97. The Hall–Kier alpha value is 0.210. The van der Waals surface area contributed by atoms with E-state index in [2.05, 4.69) is 33.0 Å². The molecular formula is C11H24ClNO. The quantitative estimate of drug-likeness (QED) is 0.503. The summed E-state index contributed by atoms with van der Waals surface area (Å²) in [6, 6.07) is 0. The molecule has 0 amide bonds. The first-order valence-electron chi connectivity index (χ1n) is 5.32. The number of nitrogens with one attached hydrogen (secondary N) is 1. The van der Waals surface area contributed by atoms with Crippen molar-refractivity contribution in [3.63, 3.8) is 0 Å². The van der Waals surface area contributed by atoms with Crippen molar-refractivity contribution in [1.29, 1.82) is 0 Å². The van der Waals surface area contributed by atoms with Crippen molar-refractivity contribution in [2.45, 2.75) is 27.7 Å². The van der Waals surface area contributed by atoms with Crippen LogP contribution < -0.4 is 5.32 Å². The highest BCUT2D eigenvalue weighted by Crippen LogP contribution is 2.14. The molecule has 0 aliphatic carbocycles. The van der Waals surface area contributed by atoms with Crippen molar-refractivity contribution in [2.24, 2.45) is 11.3 Å². The molecule has 0 spiro atoms. The molecule has 0 radical (unpaired) electrons. The fraction of sp³-hybridized carbons (Fsp3) is 1.00. The molecule has 0 aromatic carbocycles. The molecule has 0 heterocycles. The Morgan fingerprint density at radius 1 is 1.36 bits per heavy atom. The second-order valence-electron chi connectivity index (χ2n) is 4.94. The van der Waals surface area contributed by atoms with E-state index < -0.39 is 0 Å². The standard InChI is InChI=1S/C11H24ClNO/c1-10(2)7-14-6-5-13-9-11(3,4)8-12/h10,13H,5-9H2,1-4H3. The van der Waals surface area contributed by atoms with Gasteiger partial charge in [-0.1, -0.05) is 27.7 Å². The predicted octanol–water partition coefficient (Wildman–Crippen LogP) is 2.51. The lowest BCUT2D eigenvalue weighted by molar-refractivity contribution is 0.110. The van der Waals surface area contributed by atoms with E-state index in [9.17, 15) is 0 Å². The minimum absolute atomic E-state index is 0.180. The first kappa shape index (κ1) is 14.2. The van der Waals surface area contributed by atoms with Gasteiger partial charge >= 0.3 is 0 Å². The van der Waals surface area contributed by atoms with Gasteiger partial charge in [-0.2, -0.15) is 0 Å². The van der Waals surface area contributed by atoms with Gasteiger partial charge < -0.3 is 10.1 Å². The monoisotopic (exact) mass is 221 g/mol. The zero-order valence-electron chi connectivity index (χ0n) is 9.90. The normalized spacial score (nSPS) is 12.4. The molecule has 0 bridgehead atoms. The number of hydrogen-bond donors (Lipinski definition) is 1. The molecule has 0 aromatic rings. The van der Waals surface area contributed by atoms with Gasteiger partial charge in [-0.3, -0.25) is 0 Å². The Labute approximate surface area is 93.4 Å². The van der Waals surface area contributed by atoms with Crippen molar-refractivity contribution in [3.05, 3.63) is 0 Å². The Bertz CT molecular complexity index is 137. The van der Waals surface area contributed by atoms with Crippen molar-refractivity contribution in [1.82, 2.24) is 5.32 Å². The minimum Gasteiger partial charge on any atom is -0.380 e. The number of ether oxygens (including phenoxy) is 1. The van der Waals surface area contributed by atoms with E-state index in [0.29, 0.717) is 11.8 Å². The van der Waals surface area contributed by atoms with Gasteiger partial charge in [0.2, 0.25) is 0 Å². The molecule has 0 fully saturated rings. The summed E-state index contributed by atoms with van der Waals surface area (Å²) in [4.78, 5) is 0. The minimum atomic E-state index is 0.180. The molecule has 14 heavy (non-hydrogen) atoms. The Morgan fingerprint density at radius 3 is 2.50 bits per heavy atom. The average Bonchev–Trinajstić information content (AvgIpc) is 2.10. The highest BCUT2D eigenvalue weighted by Gasteiger charge is 2.14. The Kier molecular flexibility index (Phi) is 7.61. The van der Waals surface area contributed by atoms with Crippen LogP contribution in [0.5, 0.6) is 0 Å². The van der Waals surface area contributed by atoms with Crippen LogP contribution in [0.15, 0.2) is 0 Å². The van der Waals surface area contributed by atoms with Crippen molar-refractivity contribution in [3.8, 4) is 0 Å². The van der Waals surface area contributed by atoms with E-state index in [1.54, 1.807) is 0 Å². The van der Waals surface area contributed by atoms with Gasteiger partial charge in [0, 0.05) is 25.6 Å². The van der Waals surface area contributed by atoms with Crippen LogP contribution in [0.2, 0.25) is 0 Å². The summed E-state index contributed by atoms with van der Waals surface area (Å²) in [5, 5.41) is 3.34. The van der Waals surface area contributed by atoms with Crippen LogP contribution in [-0.2, 0) is 4.74 Å². The molecule has 0 atom stereocenters. The van der Waals surface area contributed by atoms with Crippen LogP contribution in [0.1, 0.15) is 27.7 Å². The van der Waals surface area contributed by atoms with Gasteiger partial charge in [-0.25, -0.2) is 0 Å². The van der Waals surface area contributed by atoms with Crippen LogP contribution in [-0.4, -0.2) is 32.2 Å². The van der Waals surface area contributed by atoms with E-state index >= 15 is 0 Å². The SMILES string of the molecule is CC(C)COCCNCC(C)(C)CCl. The third-order valence-corrected chi connectivity index (χ3v) is 2.56. The Balaban J connectivity index is 3.21. The molecule has 0 aliphatic rings. The molecule has 3 heteroatoms. The number of alkyl halides is 1. The molecule has 1 N–H and O–H groups in total. The molecule has 0 unspecified atom stereocenters. The predicted molar refractivity (Wildman–Crippen MR) is 63.0 cm³/mol. The van der Waals surface area contributed by atoms with Gasteiger partial charge in [0.05, 0.1) is 6.61 Å². The maximum atomic E-state index is 5.80. The maximum absolute atomic E-state index is 5.80. The Morgan fingerprint density at radius 2 is 2.00 bits per heavy atom. The van der Waals surface area contributed by atoms with Crippen molar-refractivity contribution in [2.75, 3.05) is 32.2 Å². The summed E-state index contributed by atoms with van der Waals surface area (Å²) in [5.74, 6) is 1.31. The lowest BCUT2D eigenvalue weighted by Crippen LogP contribution is -2.32. The topological polar surface area (TPSA) is 21.3 Å². The first-order chi connectivity index (χ1) is 6.48. The van der Waals surface area contributed by atoms with Gasteiger partial charge in [0.25, 0.3) is 0 Å². The van der Waals surface area contributed by atoms with Crippen LogP contribution in [0, 0.1) is 11.3 Å². The molecule has 0 aliphatic heterocycles. The lowest BCUT2D eigenvalue weighted by Gasteiger charge is -2.21. The molecule has 2 nitrogen and oxygen atoms in total. The van der Waals surface area contributed by atoms with E-state index in [0.717, 1.165) is 26.3 Å². The third-order valence-electron chi connectivity index (χ3n) is 1.84. The van der Waals surface area contributed by atoms with E-state index in [-0.39, 0.29) is 5.41 Å². The number of hydrogen-bond acceptors (Lipinski definition) is 2. The van der Waals surface area contributed by atoms with E-state index in [4.69, 9.17) is 16.3 Å². The highest BCUT2D eigenvalue weighted by molar-refractivity contribution is 6.18. The van der Waals surface area contributed by atoms with Gasteiger partial charge in [-0.05, 0) is 11.3 Å². The highest BCUT2D eigenvalue weighted by atomic mass is 35.5. The van der Waals surface area contributed by atoms with Crippen molar-refractivity contribution < 1.29 is 4.74 Å². The molecule has 0 saturated heterocycles. The van der Waals surface area contributed by atoms with Crippen LogP contribution in [0.25, 0.3) is 0 Å². The van der Waals surface area contributed by atoms with Gasteiger partial charge in [0.15, 0.2) is 0 Å². The molecule has 86 valence electrons. The average molecular weight is 222 g/mol. The fourth-order valence-electron chi connectivity index (χ4n) is 0.937. The number of halogens is 1. The summed E-state index contributed by atoms with van der Waals surface area (Å²) >= 11 is 5.80. The number of rotatable bonds is 8. The van der Waals surface area contributed by atoms with Gasteiger partial charge in [0.1, 0.15) is 0 Å². The summed E-state index contributed by atoms with van der Waals surface area (Å²) < 4.78 is 5.45. The first-order valence-corrected chi connectivity index (χ1v) is 5.86. The second-order valence-corrected chi connectivity index (χ2v) is 5.21. The second kappa shape index (κ2) is 7.49. The van der Waals surface area contributed by atoms with E-state index in [1.807, 2.05) is 0 Å². The third kappa shape index (κ3) is 8.79. The molecule has 0 rings (SSSR count). The summed E-state index contributed by atoms with van der Waals surface area (Å²) in [7, 11) is 0. The summed E-state index contributed by atoms with van der Waals surface area (Å²) in [6.07, 6.45) is 0. The summed E-state index contributed by atoms with van der Waals surface area (Å²) in [6.45, 7) is 12.1. The van der Waals surface area contributed by atoms with Crippen LogP contribution in [0.3, 0.4) is 0 Å². The zero-order valence-corrected chi connectivity index (χ0v) is 10.7. The fourth-order valence-corrected chi connectivity index (χ4v) is 1.03. The van der Waals surface area contributed by atoms with E-state index in [1.165, 1.54) is 0 Å². The molecule has 0 aromatic heterocycles. The molecular weight excluding hydrogens is 198 g/mol. The smallest absolute Gasteiger partial charge is 0.0591 e. The largest absolute Gasteiger partial charge is 0.380 e. The van der Waals surface area contributed by atoms with Gasteiger partial charge in [-0.15, -0.1) is 11.6 Å².